The maximum absolute atomic E-state index is 5.28. The summed E-state index contributed by atoms with van der Waals surface area (Å²) in [6, 6.07) is 4.39. The van der Waals surface area contributed by atoms with E-state index < -0.39 is 0 Å². The van der Waals surface area contributed by atoms with E-state index in [1.54, 1.807) is 7.11 Å². The average Bonchev–Trinajstić information content (AvgIpc) is 2.84. The fourth-order valence-corrected chi connectivity index (χ4v) is 2.76. The molecule has 1 atom stereocenters. The summed E-state index contributed by atoms with van der Waals surface area (Å²) in [5.74, 6) is 1.74. The number of rotatable bonds is 5. The lowest BCUT2D eigenvalue weighted by Crippen LogP contribution is -2.35. The highest BCUT2D eigenvalue weighted by Crippen LogP contribution is 2.24. The fourth-order valence-electron chi connectivity index (χ4n) is 2.76. The molecule has 1 unspecified atom stereocenters. The number of aryl methyl sites for hydroxylation is 1. The zero-order valence-corrected chi connectivity index (χ0v) is 14.1. The third-order valence-electron chi connectivity index (χ3n) is 3.83. The number of aromatic nitrogens is 1. The zero-order valence-electron chi connectivity index (χ0n) is 14.1. The van der Waals surface area contributed by atoms with Gasteiger partial charge in [0.25, 0.3) is 0 Å². The van der Waals surface area contributed by atoms with E-state index in [0.29, 0.717) is 5.92 Å². The molecular weight excluding hydrogens is 262 g/mol. The van der Waals surface area contributed by atoms with E-state index in [0.717, 1.165) is 37.8 Å². The van der Waals surface area contributed by atoms with Gasteiger partial charge in [-0.1, -0.05) is 0 Å². The monoisotopic (exact) mass is 291 g/mol. The third-order valence-corrected chi connectivity index (χ3v) is 3.83. The molecule has 0 radical (unpaired) electrons. The normalized spacial score (nSPS) is 19.3. The SMILES string of the molecule is COCC1CCN(c2cc(CNC(C)(C)C)cc(C)n2)C1. The van der Waals surface area contributed by atoms with Gasteiger partial charge in [-0.15, -0.1) is 0 Å². The zero-order chi connectivity index (χ0) is 15.5. The Labute approximate surface area is 128 Å². The molecule has 1 aliphatic rings. The van der Waals surface area contributed by atoms with Crippen molar-refractivity contribution >= 4 is 5.82 Å². The second-order valence-corrected chi connectivity index (χ2v) is 7.13. The molecule has 0 saturated carbocycles. The minimum absolute atomic E-state index is 0.133. The molecule has 1 fully saturated rings. The summed E-state index contributed by atoms with van der Waals surface area (Å²) in [6.07, 6.45) is 1.19. The van der Waals surface area contributed by atoms with Crippen LogP contribution in [-0.2, 0) is 11.3 Å². The van der Waals surface area contributed by atoms with Gasteiger partial charge in [0.05, 0.1) is 6.61 Å². The van der Waals surface area contributed by atoms with Crippen molar-refractivity contribution < 1.29 is 4.74 Å². The first-order chi connectivity index (χ1) is 9.87. The second-order valence-electron chi connectivity index (χ2n) is 7.13. The van der Waals surface area contributed by atoms with Crippen molar-refractivity contribution in [2.24, 2.45) is 5.92 Å². The van der Waals surface area contributed by atoms with Crippen molar-refractivity contribution in [2.45, 2.75) is 46.2 Å². The van der Waals surface area contributed by atoms with Crippen LogP contribution in [0, 0.1) is 12.8 Å². The Kier molecular flexibility index (Phi) is 5.22. The quantitative estimate of drug-likeness (QED) is 0.905. The maximum Gasteiger partial charge on any atom is 0.129 e. The minimum Gasteiger partial charge on any atom is -0.384 e. The number of ether oxygens (including phenoxy) is 1. The molecule has 2 heterocycles. The largest absolute Gasteiger partial charge is 0.384 e. The lowest BCUT2D eigenvalue weighted by atomic mass is 10.1. The number of nitrogens with one attached hydrogen (secondary N) is 1. The molecular formula is C17H29N3O. The van der Waals surface area contributed by atoms with Gasteiger partial charge in [0.1, 0.15) is 5.82 Å². The van der Waals surface area contributed by atoms with Gasteiger partial charge < -0.3 is 15.0 Å². The van der Waals surface area contributed by atoms with Crippen molar-refractivity contribution in [3.8, 4) is 0 Å². The summed E-state index contributed by atoms with van der Waals surface area (Å²) < 4.78 is 5.28. The first kappa shape index (κ1) is 16.2. The van der Waals surface area contributed by atoms with Crippen LogP contribution in [0.4, 0.5) is 5.82 Å². The molecule has 1 saturated heterocycles. The van der Waals surface area contributed by atoms with Crippen LogP contribution in [0.15, 0.2) is 12.1 Å². The molecule has 1 aliphatic heterocycles. The van der Waals surface area contributed by atoms with Crippen LogP contribution in [0.25, 0.3) is 0 Å². The summed E-state index contributed by atoms with van der Waals surface area (Å²) in [6.45, 7) is 12.5. The Hall–Kier alpha value is -1.13. The van der Waals surface area contributed by atoms with Crippen LogP contribution in [0.3, 0.4) is 0 Å². The molecule has 4 heteroatoms. The molecule has 0 aromatic carbocycles. The summed E-state index contributed by atoms with van der Waals surface area (Å²) in [4.78, 5) is 7.10. The first-order valence-electron chi connectivity index (χ1n) is 7.84. The van der Waals surface area contributed by atoms with Crippen molar-refractivity contribution in [1.29, 1.82) is 0 Å². The van der Waals surface area contributed by atoms with Gasteiger partial charge in [0.15, 0.2) is 0 Å². The summed E-state index contributed by atoms with van der Waals surface area (Å²) >= 11 is 0. The van der Waals surface area contributed by atoms with E-state index in [1.165, 1.54) is 12.0 Å². The Morgan fingerprint density at radius 1 is 1.38 bits per heavy atom. The lowest BCUT2D eigenvalue weighted by molar-refractivity contribution is 0.161. The summed E-state index contributed by atoms with van der Waals surface area (Å²) in [5.41, 5.74) is 2.53. The molecule has 118 valence electrons. The number of nitrogens with zero attached hydrogens (tertiary/aromatic N) is 2. The minimum atomic E-state index is 0.133. The van der Waals surface area contributed by atoms with Crippen LogP contribution in [0.1, 0.15) is 38.4 Å². The summed E-state index contributed by atoms with van der Waals surface area (Å²) in [7, 11) is 1.78. The molecule has 2 rings (SSSR count). The van der Waals surface area contributed by atoms with Gasteiger partial charge in [0.2, 0.25) is 0 Å². The van der Waals surface area contributed by atoms with Crippen LogP contribution < -0.4 is 10.2 Å². The van der Waals surface area contributed by atoms with Crippen LogP contribution in [0.2, 0.25) is 0 Å². The summed E-state index contributed by atoms with van der Waals surface area (Å²) in [5, 5.41) is 3.55. The third kappa shape index (κ3) is 4.97. The van der Waals surface area contributed by atoms with Crippen LogP contribution in [-0.4, -0.2) is 37.3 Å². The highest BCUT2D eigenvalue weighted by atomic mass is 16.5. The van der Waals surface area contributed by atoms with Gasteiger partial charge in [-0.3, -0.25) is 0 Å². The average molecular weight is 291 g/mol. The van der Waals surface area contributed by atoms with Gasteiger partial charge in [0, 0.05) is 43.9 Å². The number of hydrogen-bond donors (Lipinski definition) is 1. The molecule has 1 aromatic rings. The molecule has 0 amide bonds. The van der Waals surface area contributed by atoms with E-state index >= 15 is 0 Å². The Morgan fingerprint density at radius 2 is 2.14 bits per heavy atom. The van der Waals surface area contributed by atoms with Gasteiger partial charge >= 0.3 is 0 Å². The van der Waals surface area contributed by atoms with E-state index in [9.17, 15) is 0 Å². The van der Waals surface area contributed by atoms with E-state index in [-0.39, 0.29) is 5.54 Å². The highest BCUT2D eigenvalue weighted by Gasteiger charge is 2.23. The predicted molar refractivity (Wildman–Crippen MR) is 87.8 cm³/mol. The number of hydrogen-bond acceptors (Lipinski definition) is 4. The van der Waals surface area contributed by atoms with Crippen LogP contribution >= 0.6 is 0 Å². The Morgan fingerprint density at radius 3 is 2.81 bits per heavy atom. The van der Waals surface area contributed by atoms with Gasteiger partial charge in [-0.05, 0) is 51.8 Å². The molecule has 1 N–H and O–H groups in total. The Bertz CT molecular complexity index is 468. The van der Waals surface area contributed by atoms with Crippen molar-refractivity contribution in [3.05, 3.63) is 23.4 Å². The van der Waals surface area contributed by atoms with Crippen molar-refractivity contribution in [1.82, 2.24) is 10.3 Å². The van der Waals surface area contributed by atoms with Crippen LogP contribution in [0.5, 0.6) is 0 Å². The predicted octanol–water partition coefficient (Wildman–Crippen LogP) is 2.75. The highest BCUT2D eigenvalue weighted by molar-refractivity contribution is 5.43. The van der Waals surface area contributed by atoms with Gasteiger partial charge in [-0.25, -0.2) is 4.98 Å². The van der Waals surface area contributed by atoms with E-state index in [2.05, 4.69) is 50.0 Å². The maximum atomic E-state index is 5.28. The fraction of sp³-hybridized carbons (Fsp3) is 0.706. The Balaban J connectivity index is 2.05. The molecule has 21 heavy (non-hydrogen) atoms. The molecule has 0 spiro atoms. The lowest BCUT2D eigenvalue weighted by Gasteiger charge is -2.22. The number of methoxy groups -OCH3 is 1. The van der Waals surface area contributed by atoms with Gasteiger partial charge in [-0.2, -0.15) is 0 Å². The van der Waals surface area contributed by atoms with E-state index in [4.69, 9.17) is 9.72 Å². The standard InChI is InChI=1S/C17H29N3O/c1-13-8-15(10-18-17(2,3)4)9-16(19-13)20-7-6-14(11-20)12-21-5/h8-9,14,18H,6-7,10-12H2,1-5H3. The second kappa shape index (κ2) is 6.75. The number of anilines is 1. The topological polar surface area (TPSA) is 37.4 Å². The smallest absolute Gasteiger partial charge is 0.129 e. The molecule has 0 bridgehead atoms. The molecule has 0 aliphatic carbocycles. The van der Waals surface area contributed by atoms with Crippen molar-refractivity contribution in [2.75, 3.05) is 31.7 Å². The first-order valence-corrected chi connectivity index (χ1v) is 7.84. The van der Waals surface area contributed by atoms with Crippen molar-refractivity contribution in [3.63, 3.8) is 0 Å². The number of pyridine rings is 1. The molecule has 1 aromatic heterocycles. The van der Waals surface area contributed by atoms with E-state index in [1.807, 2.05) is 0 Å². The molecule has 4 nitrogen and oxygen atoms in total.